The summed E-state index contributed by atoms with van der Waals surface area (Å²) in [6, 6.07) is 2.04. The highest BCUT2D eigenvalue weighted by Crippen LogP contribution is 2.20. The van der Waals surface area contributed by atoms with Crippen molar-refractivity contribution in [3.63, 3.8) is 0 Å². The summed E-state index contributed by atoms with van der Waals surface area (Å²) in [5.74, 6) is 0.0231. The van der Waals surface area contributed by atoms with Gasteiger partial charge < -0.3 is 0 Å². The number of fused-ring (bicyclic) bond motifs is 1. The third-order valence-corrected chi connectivity index (χ3v) is 2.54. The zero-order valence-corrected chi connectivity index (χ0v) is 6.15. The van der Waals surface area contributed by atoms with Crippen molar-refractivity contribution in [2.24, 2.45) is 0 Å². The van der Waals surface area contributed by atoms with Crippen LogP contribution in [0.5, 0.6) is 0 Å². The average Bonchev–Trinajstić information content (AvgIpc) is 2.33. The van der Waals surface area contributed by atoms with E-state index in [0.29, 0.717) is 13.0 Å². The van der Waals surface area contributed by atoms with Gasteiger partial charge >= 0.3 is 0 Å². The Hall–Kier alpha value is -0.830. The summed E-state index contributed by atoms with van der Waals surface area (Å²) >= 11 is 1.65. The van der Waals surface area contributed by atoms with E-state index in [1.165, 1.54) is 10.4 Å². The lowest BCUT2D eigenvalue weighted by Crippen LogP contribution is -2.22. The second-order valence-corrected chi connectivity index (χ2v) is 3.26. The molecule has 0 saturated carbocycles. The zero-order valence-electron chi connectivity index (χ0n) is 5.33. The molecule has 0 aromatic carbocycles. The van der Waals surface area contributed by atoms with E-state index in [1.54, 1.807) is 11.3 Å². The summed E-state index contributed by atoms with van der Waals surface area (Å²) in [6.45, 7) is 0.595. The van der Waals surface area contributed by atoms with Crippen molar-refractivity contribution >= 4 is 17.2 Å². The van der Waals surface area contributed by atoms with E-state index in [2.05, 4.69) is 5.32 Å². The molecule has 0 N–H and O–H groups in total. The minimum absolute atomic E-state index is 0.0231. The molecule has 1 aromatic heterocycles. The van der Waals surface area contributed by atoms with Crippen LogP contribution in [0.2, 0.25) is 0 Å². The molecule has 1 aromatic rings. The van der Waals surface area contributed by atoms with Crippen LogP contribution in [0, 0.1) is 0 Å². The fraction of sp³-hybridized carbons (Fsp3) is 0.286. The Kier molecular flexibility index (Phi) is 1.24. The molecule has 1 aliphatic rings. The van der Waals surface area contributed by atoms with Gasteiger partial charge in [-0.25, -0.2) is 5.32 Å². The van der Waals surface area contributed by atoms with Gasteiger partial charge in [-0.1, -0.05) is 0 Å². The molecule has 0 spiro atoms. The van der Waals surface area contributed by atoms with Gasteiger partial charge in [-0.05, 0) is 17.0 Å². The molecule has 2 heterocycles. The van der Waals surface area contributed by atoms with Crippen LogP contribution >= 0.6 is 11.3 Å². The molecule has 2 nitrogen and oxygen atoms in total. The van der Waals surface area contributed by atoms with Gasteiger partial charge in [-0.15, -0.1) is 11.3 Å². The first-order valence-corrected chi connectivity index (χ1v) is 4.00. The van der Waals surface area contributed by atoms with Crippen molar-refractivity contribution in [1.29, 1.82) is 0 Å². The van der Waals surface area contributed by atoms with E-state index in [9.17, 15) is 4.79 Å². The summed E-state index contributed by atoms with van der Waals surface area (Å²) in [5.41, 5.74) is 1.23. The van der Waals surface area contributed by atoms with Crippen molar-refractivity contribution in [2.45, 2.75) is 13.0 Å². The number of carbonyl (C=O) groups excluding carboxylic acids is 1. The van der Waals surface area contributed by atoms with Crippen molar-refractivity contribution in [1.82, 2.24) is 5.32 Å². The first-order valence-electron chi connectivity index (χ1n) is 3.12. The molecule has 1 amide bonds. The number of amides is 1. The van der Waals surface area contributed by atoms with Gasteiger partial charge in [-0.2, -0.15) is 0 Å². The lowest BCUT2D eigenvalue weighted by molar-refractivity contribution is -0.121. The highest BCUT2D eigenvalue weighted by molar-refractivity contribution is 7.10. The Labute approximate surface area is 62.9 Å². The Morgan fingerprint density at radius 2 is 2.50 bits per heavy atom. The third-order valence-electron chi connectivity index (χ3n) is 1.58. The van der Waals surface area contributed by atoms with Crippen LogP contribution in [-0.2, 0) is 17.8 Å². The Morgan fingerprint density at radius 3 is 3.40 bits per heavy atom. The minimum Gasteiger partial charge on any atom is -0.273 e. The predicted octanol–water partition coefficient (Wildman–Crippen LogP) is 0.935. The molecule has 3 heteroatoms. The van der Waals surface area contributed by atoms with E-state index < -0.39 is 0 Å². The number of carbonyl (C=O) groups is 1. The molecule has 0 fully saturated rings. The van der Waals surface area contributed by atoms with Gasteiger partial charge in [0, 0.05) is 4.88 Å². The highest BCUT2D eigenvalue weighted by atomic mass is 32.1. The minimum atomic E-state index is 0.0231. The summed E-state index contributed by atoms with van der Waals surface area (Å²) in [5, 5.41) is 5.82. The van der Waals surface area contributed by atoms with Crippen molar-refractivity contribution in [3.8, 4) is 0 Å². The Morgan fingerprint density at radius 1 is 1.60 bits per heavy atom. The Bertz CT molecular complexity index is 266. The number of nitrogens with zero attached hydrogens (tertiary/aromatic N) is 1. The fourth-order valence-corrected chi connectivity index (χ4v) is 1.92. The molecule has 0 unspecified atom stereocenters. The first-order chi connectivity index (χ1) is 4.86. The third kappa shape index (κ3) is 0.827. The maximum Gasteiger partial charge on any atom is 0.246 e. The second-order valence-electron chi connectivity index (χ2n) is 2.26. The predicted molar refractivity (Wildman–Crippen MR) is 38.9 cm³/mol. The molecular weight excluding hydrogens is 146 g/mol. The normalized spacial score (nSPS) is 16.2. The van der Waals surface area contributed by atoms with Gasteiger partial charge in [-0.3, -0.25) is 4.79 Å². The SMILES string of the molecule is O=C1Cc2sccc2C[N]1. The largest absolute Gasteiger partial charge is 0.273 e. The zero-order chi connectivity index (χ0) is 6.97. The van der Waals surface area contributed by atoms with Gasteiger partial charge in [0.25, 0.3) is 0 Å². The molecule has 51 valence electrons. The van der Waals surface area contributed by atoms with Gasteiger partial charge in [0.15, 0.2) is 0 Å². The van der Waals surface area contributed by atoms with Crippen LogP contribution in [0.4, 0.5) is 0 Å². The maximum atomic E-state index is 10.8. The smallest absolute Gasteiger partial charge is 0.246 e. The second kappa shape index (κ2) is 2.09. The van der Waals surface area contributed by atoms with Crippen LogP contribution in [-0.4, -0.2) is 5.91 Å². The lowest BCUT2D eigenvalue weighted by Gasteiger charge is -2.08. The van der Waals surface area contributed by atoms with Crippen LogP contribution in [0.1, 0.15) is 10.4 Å². The molecule has 0 aliphatic carbocycles. The molecule has 2 rings (SSSR count). The number of hydrogen-bond donors (Lipinski definition) is 0. The van der Waals surface area contributed by atoms with E-state index in [-0.39, 0.29) is 5.91 Å². The molecule has 0 saturated heterocycles. The molecular formula is C7H6NOS. The topological polar surface area (TPSA) is 31.2 Å². The van der Waals surface area contributed by atoms with Gasteiger partial charge in [0.1, 0.15) is 0 Å². The summed E-state index contributed by atoms with van der Waals surface area (Å²) in [6.07, 6.45) is 0.521. The maximum absolute atomic E-state index is 10.8. The number of rotatable bonds is 0. The number of thiophene rings is 1. The molecule has 0 bridgehead atoms. The standard InChI is InChI=1S/C7H6NOS/c9-7-3-6-5(4-8-7)1-2-10-6/h1-2H,3-4H2. The summed E-state index contributed by atoms with van der Waals surface area (Å²) in [4.78, 5) is 12.0. The van der Waals surface area contributed by atoms with Crippen LogP contribution in [0.15, 0.2) is 11.4 Å². The van der Waals surface area contributed by atoms with Crippen LogP contribution < -0.4 is 5.32 Å². The van der Waals surface area contributed by atoms with E-state index in [1.807, 2.05) is 11.4 Å². The van der Waals surface area contributed by atoms with Crippen molar-refractivity contribution in [2.75, 3.05) is 0 Å². The fourth-order valence-electron chi connectivity index (χ4n) is 1.03. The van der Waals surface area contributed by atoms with Gasteiger partial charge in [0.05, 0.1) is 13.0 Å². The first kappa shape index (κ1) is 5.92. The quantitative estimate of drug-likeness (QED) is 0.544. The lowest BCUT2D eigenvalue weighted by atomic mass is 10.1. The summed E-state index contributed by atoms with van der Waals surface area (Å²) < 4.78 is 0. The molecule has 0 atom stereocenters. The van der Waals surface area contributed by atoms with E-state index in [4.69, 9.17) is 0 Å². The molecule has 1 radical (unpaired) electrons. The van der Waals surface area contributed by atoms with E-state index in [0.717, 1.165) is 0 Å². The van der Waals surface area contributed by atoms with E-state index >= 15 is 0 Å². The van der Waals surface area contributed by atoms with Crippen molar-refractivity contribution in [3.05, 3.63) is 21.9 Å². The number of hydrogen-bond acceptors (Lipinski definition) is 2. The highest BCUT2D eigenvalue weighted by Gasteiger charge is 2.16. The monoisotopic (exact) mass is 152 g/mol. The van der Waals surface area contributed by atoms with Gasteiger partial charge in [0.2, 0.25) is 5.91 Å². The summed E-state index contributed by atoms with van der Waals surface area (Å²) in [7, 11) is 0. The molecule has 10 heavy (non-hydrogen) atoms. The van der Waals surface area contributed by atoms with Crippen molar-refractivity contribution < 1.29 is 4.79 Å². The molecule has 1 aliphatic heterocycles. The Balaban J connectivity index is 2.39. The van der Waals surface area contributed by atoms with Crippen LogP contribution in [0.25, 0.3) is 0 Å². The average molecular weight is 152 g/mol. The van der Waals surface area contributed by atoms with Crippen LogP contribution in [0.3, 0.4) is 0 Å².